The quantitative estimate of drug-likeness (QED) is 0.797. The second-order valence-corrected chi connectivity index (χ2v) is 4.84. The normalized spacial score (nSPS) is 18.0. The molecule has 1 fully saturated rings. The van der Waals surface area contributed by atoms with Gasteiger partial charge in [0.1, 0.15) is 0 Å². The number of aromatic nitrogens is 2. The Hall–Kier alpha value is -0.550. The van der Waals surface area contributed by atoms with Gasteiger partial charge < -0.3 is 9.84 Å². The fourth-order valence-electron chi connectivity index (χ4n) is 1.75. The van der Waals surface area contributed by atoms with Crippen molar-refractivity contribution >= 4 is 11.8 Å². The van der Waals surface area contributed by atoms with Crippen LogP contribution in [-0.4, -0.2) is 29.5 Å². The maximum atomic E-state index is 5.21. The first kappa shape index (κ1) is 11.0. The largest absolute Gasteiger partial charge is 0.339 e. The molecule has 15 heavy (non-hydrogen) atoms. The Kier molecular flexibility index (Phi) is 3.64. The molecule has 0 amide bonds. The summed E-state index contributed by atoms with van der Waals surface area (Å²) in [6.07, 6.45) is 5.56. The monoisotopic (exact) mass is 227 g/mol. The van der Waals surface area contributed by atoms with Crippen molar-refractivity contribution in [3.63, 3.8) is 0 Å². The van der Waals surface area contributed by atoms with Gasteiger partial charge in [-0.05, 0) is 32.1 Å². The Balaban J connectivity index is 1.90. The summed E-state index contributed by atoms with van der Waals surface area (Å²) in [5.41, 5.74) is 0. The lowest BCUT2D eigenvalue weighted by Crippen LogP contribution is -2.29. The molecule has 5 heteroatoms. The van der Waals surface area contributed by atoms with Crippen molar-refractivity contribution in [2.75, 3.05) is 13.3 Å². The Morgan fingerprint density at radius 1 is 1.60 bits per heavy atom. The lowest BCUT2D eigenvalue weighted by molar-refractivity contribution is 0.349. The van der Waals surface area contributed by atoms with Crippen LogP contribution in [0.5, 0.6) is 0 Å². The van der Waals surface area contributed by atoms with Crippen LogP contribution in [0, 0.1) is 5.92 Å². The van der Waals surface area contributed by atoms with Crippen LogP contribution < -0.4 is 5.32 Å². The van der Waals surface area contributed by atoms with Crippen LogP contribution in [0.1, 0.15) is 24.6 Å². The number of thioether (sulfide) groups is 1. The SMILES string of the molecule is CNC(Cc1nc(CSC)no1)C1CC1. The van der Waals surface area contributed by atoms with E-state index >= 15 is 0 Å². The fraction of sp³-hybridized carbons (Fsp3) is 0.800. The van der Waals surface area contributed by atoms with Gasteiger partial charge in [0, 0.05) is 12.5 Å². The number of nitrogens with zero attached hydrogens (tertiary/aromatic N) is 2. The minimum atomic E-state index is 0.507. The molecule has 1 heterocycles. The van der Waals surface area contributed by atoms with E-state index in [4.69, 9.17) is 4.52 Å². The summed E-state index contributed by atoms with van der Waals surface area (Å²) in [5.74, 6) is 3.22. The Labute approximate surface area is 94.2 Å². The molecule has 1 saturated carbocycles. The molecular formula is C10H17N3OS. The van der Waals surface area contributed by atoms with E-state index in [0.717, 1.165) is 29.8 Å². The third kappa shape index (κ3) is 2.95. The van der Waals surface area contributed by atoms with Gasteiger partial charge in [0.15, 0.2) is 5.82 Å². The van der Waals surface area contributed by atoms with Gasteiger partial charge in [0.05, 0.1) is 5.75 Å². The molecule has 0 spiro atoms. The first-order valence-corrected chi connectivity index (χ1v) is 6.70. The summed E-state index contributed by atoms with van der Waals surface area (Å²) in [7, 11) is 2.00. The molecule has 1 unspecified atom stereocenters. The zero-order valence-electron chi connectivity index (χ0n) is 9.19. The number of nitrogens with one attached hydrogen (secondary N) is 1. The summed E-state index contributed by atoms with van der Waals surface area (Å²) < 4.78 is 5.21. The van der Waals surface area contributed by atoms with E-state index in [9.17, 15) is 0 Å². The first-order chi connectivity index (χ1) is 7.33. The number of likely N-dealkylation sites (N-methyl/N-ethyl adjacent to an activating group) is 1. The molecular weight excluding hydrogens is 210 g/mol. The van der Waals surface area contributed by atoms with Crippen LogP contribution >= 0.6 is 11.8 Å². The molecule has 1 aliphatic rings. The summed E-state index contributed by atoms with van der Waals surface area (Å²) in [6, 6.07) is 0.507. The minimum absolute atomic E-state index is 0.507. The molecule has 0 saturated heterocycles. The topological polar surface area (TPSA) is 51.0 Å². The second kappa shape index (κ2) is 4.99. The zero-order chi connectivity index (χ0) is 10.7. The molecule has 1 atom stereocenters. The molecule has 2 rings (SSSR count). The first-order valence-electron chi connectivity index (χ1n) is 5.31. The van der Waals surface area contributed by atoms with Crippen molar-refractivity contribution in [1.82, 2.24) is 15.5 Å². The van der Waals surface area contributed by atoms with Crippen LogP contribution in [0.4, 0.5) is 0 Å². The van der Waals surface area contributed by atoms with Crippen LogP contribution in [0.2, 0.25) is 0 Å². The maximum absolute atomic E-state index is 5.21. The third-order valence-electron chi connectivity index (χ3n) is 2.74. The number of hydrogen-bond donors (Lipinski definition) is 1. The van der Waals surface area contributed by atoms with E-state index < -0.39 is 0 Å². The average molecular weight is 227 g/mol. The molecule has 84 valence electrons. The maximum Gasteiger partial charge on any atom is 0.228 e. The lowest BCUT2D eigenvalue weighted by atomic mass is 10.1. The standard InChI is InChI=1S/C10H17N3OS/c1-11-8(7-3-4-7)5-10-12-9(6-15-2)13-14-10/h7-8,11H,3-6H2,1-2H3. The van der Waals surface area contributed by atoms with Crippen molar-refractivity contribution in [3.05, 3.63) is 11.7 Å². The molecule has 1 aliphatic carbocycles. The van der Waals surface area contributed by atoms with Crippen molar-refractivity contribution in [3.8, 4) is 0 Å². The van der Waals surface area contributed by atoms with Gasteiger partial charge in [-0.1, -0.05) is 5.16 Å². The number of hydrogen-bond acceptors (Lipinski definition) is 5. The van der Waals surface area contributed by atoms with E-state index in [1.54, 1.807) is 11.8 Å². The second-order valence-electron chi connectivity index (χ2n) is 3.97. The molecule has 1 N–H and O–H groups in total. The van der Waals surface area contributed by atoms with Crippen LogP contribution in [-0.2, 0) is 12.2 Å². The molecule has 0 aliphatic heterocycles. The summed E-state index contributed by atoms with van der Waals surface area (Å²) in [6.45, 7) is 0. The highest BCUT2D eigenvalue weighted by atomic mass is 32.2. The van der Waals surface area contributed by atoms with Crippen LogP contribution in [0.3, 0.4) is 0 Å². The minimum Gasteiger partial charge on any atom is -0.339 e. The van der Waals surface area contributed by atoms with Gasteiger partial charge >= 0.3 is 0 Å². The van der Waals surface area contributed by atoms with Gasteiger partial charge in [-0.25, -0.2) is 0 Å². The Morgan fingerprint density at radius 2 is 2.40 bits per heavy atom. The van der Waals surface area contributed by atoms with E-state index in [1.165, 1.54) is 12.8 Å². The van der Waals surface area contributed by atoms with E-state index in [2.05, 4.69) is 15.5 Å². The van der Waals surface area contributed by atoms with Gasteiger partial charge in [-0.3, -0.25) is 0 Å². The smallest absolute Gasteiger partial charge is 0.228 e. The Bertz CT molecular complexity index is 311. The predicted octanol–water partition coefficient (Wildman–Crippen LogP) is 1.47. The van der Waals surface area contributed by atoms with Crippen molar-refractivity contribution < 1.29 is 4.52 Å². The van der Waals surface area contributed by atoms with E-state index in [0.29, 0.717) is 6.04 Å². The van der Waals surface area contributed by atoms with Crippen molar-refractivity contribution in [1.29, 1.82) is 0 Å². The van der Waals surface area contributed by atoms with E-state index in [1.807, 2.05) is 13.3 Å². The summed E-state index contributed by atoms with van der Waals surface area (Å²) >= 11 is 1.71. The van der Waals surface area contributed by atoms with Gasteiger partial charge in [-0.15, -0.1) is 0 Å². The molecule has 1 aromatic heterocycles. The number of rotatable bonds is 6. The van der Waals surface area contributed by atoms with Crippen molar-refractivity contribution in [2.45, 2.75) is 31.1 Å². The molecule has 1 aromatic rings. The zero-order valence-corrected chi connectivity index (χ0v) is 10.0. The van der Waals surface area contributed by atoms with Crippen molar-refractivity contribution in [2.24, 2.45) is 5.92 Å². The van der Waals surface area contributed by atoms with Gasteiger partial charge in [0.25, 0.3) is 0 Å². The van der Waals surface area contributed by atoms with Crippen LogP contribution in [0.15, 0.2) is 4.52 Å². The third-order valence-corrected chi connectivity index (χ3v) is 3.29. The Morgan fingerprint density at radius 3 is 3.00 bits per heavy atom. The highest BCUT2D eigenvalue weighted by Crippen LogP contribution is 2.33. The summed E-state index contributed by atoms with van der Waals surface area (Å²) in [4.78, 5) is 4.36. The molecule has 0 aromatic carbocycles. The predicted molar refractivity (Wildman–Crippen MR) is 60.8 cm³/mol. The lowest BCUT2D eigenvalue weighted by Gasteiger charge is -2.11. The van der Waals surface area contributed by atoms with Gasteiger partial charge in [-0.2, -0.15) is 16.7 Å². The molecule has 0 radical (unpaired) electrons. The highest BCUT2D eigenvalue weighted by Gasteiger charge is 2.31. The summed E-state index contributed by atoms with van der Waals surface area (Å²) in [5, 5.41) is 7.26. The highest BCUT2D eigenvalue weighted by molar-refractivity contribution is 7.97. The molecule has 4 nitrogen and oxygen atoms in total. The fourth-order valence-corrected chi connectivity index (χ4v) is 2.13. The van der Waals surface area contributed by atoms with E-state index in [-0.39, 0.29) is 0 Å². The van der Waals surface area contributed by atoms with Crippen LogP contribution in [0.25, 0.3) is 0 Å². The molecule has 0 bridgehead atoms. The van der Waals surface area contributed by atoms with Gasteiger partial charge in [0.2, 0.25) is 5.89 Å². The average Bonchev–Trinajstić information content (AvgIpc) is 2.98.